The Hall–Kier alpha value is -5.92. The predicted octanol–water partition coefficient (Wildman–Crippen LogP) is 10.7. The van der Waals surface area contributed by atoms with E-state index in [9.17, 15) is 19.0 Å². The third kappa shape index (κ3) is 19.0. The number of rotatable bonds is 22. The zero-order chi connectivity index (χ0) is 51.2. The molecule has 1 heterocycles. The highest BCUT2D eigenvalue weighted by Gasteiger charge is 2.28. The number of nitrogen functional groups attached to an aromatic ring is 1. The first-order valence-electron chi connectivity index (χ1n) is 23.5. The Morgan fingerprint density at radius 1 is 0.662 bits per heavy atom. The molecule has 0 aliphatic carbocycles. The first-order chi connectivity index (χ1) is 34.0. The van der Waals surface area contributed by atoms with Crippen LogP contribution in [0.3, 0.4) is 0 Å². The third-order valence-electron chi connectivity index (χ3n) is 11.2. The number of aromatic nitrogens is 1. The van der Waals surface area contributed by atoms with Gasteiger partial charge in [0.15, 0.2) is 11.5 Å². The van der Waals surface area contributed by atoms with Gasteiger partial charge in [-0.15, -0.1) is 6.42 Å². The van der Waals surface area contributed by atoms with Gasteiger partial charge in [-0.3, -0.25) is 0 Å². The van der Waals surface area contributed by atoms with E-state index in [1.54, 1.807) is 12.1 Å². The number of nitrogens with one attached hydrogen (secondary N) is 1. The Labute approximate surface area is 426 Å². The van der Waals surface area contributed by atoms with Crippen LogP contribution in [0.1, 0.15) is 55.6 Å². The monoisotopic (exact) mass is 1030 g/mol. The van der Waals surface area contributed by atoms with Crippen molar-refractivity contribution in [2.45, 2.75) is 78.3 Å². The number of aliphatic hydroxyl groups excluding tert-OH is 2. The van der Waals surface area contributed by atoms with E-state index in [2.05, 4.69) is 46.7 Å². The van der Waals surface area contributed by atoms with Gasteiger partial charge in [-0.25, -0.2) is 8.78 Å². The number of quaternary nitrogens is 1. The van der Waals surface area contributed by atoms with Crippen LogP contribution in [-0.4, -0.2) is 60.0 Å². The Kier molecular flexibility index (Phi) is 22.2. The van der Waals surface area contributed by atoms with Gasteiger partial charge >= 0.3 is 0 Å². The molecule has 0 radical (unpaired) electrons. The van der Waals surface area contributed by atoms with Gasteiger partial charge in [-0.1, -0.05) is 141 Å². The number of ether oxygens (including phenoxy) is 4. The van der Waals surface area contributed by atoms with E-state index in [1.165, 1.54) is 17.7 Å². The number of halogens is 3. The molecule has 10 nitrogen and oxygen atoms in total. The molecule has 376 valence electrons. The lowest BCUT2D eigenvalue weighted by Crippen LogP contribution is -2.41. The molecule has 0 spiro atoms. The number of fused-ring (bicyclic) bond motifs is 1. The van der Waals surface area contributed by atoms with E-state index in [4.69, 9.17) is 31.1 Å². The van der Waals surface area contributed by atoms with Crippen LogP contribution in [0.15, 0.2) is 156 Å². The van der Waals surface area contributed by atoms with Gasteiger partial charge in [-0.05, 0) is 64.2 Å². The minimum absolute atomic E-state index is 0.103. The topological polar surface area (TPSA) is 148 Å². The average molecular weight is 1040 g/mol. The van der Waals surface area contributed by atoms with Gasteiger partial charge in [0.05, 0.1) is 88.5 Å². The van der Waals surface area contributed by atoms with Gasteiger partial charge in [0.2, 0.25) is 0 Å². The normalized spacial score (nSPS) is 12.2. The van der Waals surface area contributed by atoms with Crippen LogP contribution in [0.5, 0.6) is 0 Å². The summed E-state index contributed by atoms with van der Waals surface area (Å²) in [5, 5.41) is 24.5. The number of hydrogen-bond acceptors (Lipinski definition) is 8. The molecule has 7 rings (SSSR count). The summed E-state index contributed by atoms with van der Waals surface area (Å²) >= 11 is 3.33. The van der Waals surface area contributed by atoms with Crippen LogP contribution < -0.4 is 16.8 Å². The second-order valence-electron chi connectivity index (χ2n) is 18.6. The Morgan fingerprint density at radius 2 is 1.13 bits per heavy atom. The quantitative estimate of drug-likeness (QED) is 0.0333. The van der Waals surface area contributed by atoms with Crippen LogP contribution in [0.2, 0.25) is 0 Å². The average Bonchev–Trinajstić information content (AvgIpc) is 3.70. The van der Waals surface area contributed by atoms with Crippen LogP contribution in [-0.2, 0) is 57.3 Å². The second-order valence-corrected chi connectivity index (χ2v) is 19.4. The number of anilines is 2. The predicted molar refractivity (Wildman–Crippen MR) is 283 cm³/mol. The van der Waals surface area contributed by atoms with E-state index >= 15 is 0 Å². The van der Waals surface area contributed by atoms with Crippen molar-refractivity contribution in [1.29, 1.82) is 0 Å². The smallest absolute Gasteiger partial charge is 0.185 e. The van der Waals surface area contributed by atoms with Gasteiger partial charge in [0, 0.05) is 51.1 Å². The lowest BCUT2D eigenvalue weighted by molar-refractivity contribution is -0.258. The first-order valence-corrected chi connectivity index (χ1v) is 24.3. The molecular formula is C58H68BrF2N4O6+. The van der Waals surface area contributed by atoms with Crippen molar-refractivity contribution in [3.05, 3.63) is 196 Å². The standard InChI is InChI=1S/C29H33FN2O3.C16H18BrFN2O2.C13H16O/c1-29(2,20-35-18-22-11-7-4-8-12-22)28-14-23-13-26(31)25(30)15-27(23)32(28)16-24(33)19-34-17-21-9-5-3-6-10-21;17-13-6-15(19)14(18)7-16(13)20-8-12(21)10-22-9-11-4-2-1-3-5-11;1-4-13(2,3)11-14-10-12-8-6-5-7-9-12/h3-15,24,33H,16-20,31H2,1-2H3;1-7,12,20-21H,8-10,19H2;1,5-9H,10-11H2,2-3H3/p+1/t24-;12-;/m11./s1. The number of aliphatic hydroxyl groups is 2. The zero-order valence-electron chi connectivity index (χ0n) is 41.1. The van der Waals surface area contributed by atoms with Crippen molar-refractivity contribution in [2.75, 3.05) is 44.0 Å². The molecule has 0 unspecified atom stereocenters. The Bertz CT molecular complexity index is 2700. The summed E-state index contributed by atoms with van der Waals surface area (Å²) in [6.07, 6.45) is 3.90. The summed E-state index contributed by atoms with van der Waals surface area (Å²) in [7, 11) is 0. The number of hydrogen-bond donors (Lipinski definition) is 5. The maximum absolute atomic E-state index is 14.4. The minimum atomic E-state index is -0.769. The lowest BCUT2D eigenvalue weighted by atomic mass is 9.90. The SMILES string of the molecule is C#CC(C)(C)COCc1ccccc1.CC(C)(COCc1ccccc1)c1cc2cc(N)c(F)cc2n1C[C@@H](O)COCc1ccccc1.[NH3+]c1cc(Br)c(NC[C@@H](O)COCc2ccccc2)cc1F. The molecule has 0 saturated heterocycles. The van der Waals surface area contributed by atoms with Gasteiger partial charge in [-0.2, -0.15) is 0 Å². The van der Waals surface area contributed by atoms with Crippen molar-refractivity contribution in [3.8, 4) is 12.3 Å². The van der Waals surface area contributed by atoms with Gasteiger partial charge in [0.25, 0.3) is 0 Å². The molecule has 0 bridgehead atoms. The molecule has 0 aliphatic rings. The molecule has 7 aromatic rings. The minimum Gasteiger partial charge on any atom is -0.396 e. The fraction of sp³-hybridized carbons (Fsp3) is 0.310. The third-order valence-corrected chi connectivity index (χ3v) is 11.8. The highest BCUT2D eigenvalue weighted by atomic mass is 79.9. The lowest BCUT2D eigenvalue weighted by Gasteiger charge is -2.28. The van der Waals surface area contributed by atoms with Crippen molar-refractivity contribution < 1.29 is 43.7 Å². The van der Waals surface area contributed by atoms with Crippen LogP contribution in [0, 0.1) is 29.4 Å². The van der Waals surface area contributed by atoms with Gasteiger partial charge < -0.3 is 50.5 Å². The van der Waals surface area contributed by atoms with Gasteiger partial charge in [0.1, 0.15) is 5.82 Å². The van der Waals surface area contributed by atoms with Crippen molar-refractivity contribution >= 4 is 43.9 Å². The van der Waals surface area contributed by atoms with Crippen molar-refractivity contribution in [1.82, 2.24) is 4.57 Å². The van der Waals surface area contributed by atoms with Crippen molar-refractivity contribution in [2.24, 2.45) is 5.41 Å². The molecule has 0 fully saturated rings. The summed E-state index contributed by atoms with van der Waals surface area (Å²) in [5.41, 5.74) is 15.9. The maximum Gasteiger partial charge on any atom is 0.185 e. The largest absolute Gasteiger partial charge is 0.396 e. The van der Waals surface area contributed by atoms with E-state index in [-0.39, 0.29) is 43.2 Å². The highest BCUT2D eigenvalue weighted by Crippen LogP contribution is 2.33. The summed E-state index contributed by atoms with van der Waals surface area (Å²) < 4.78 is 53.3. The number of nitrogens with zero attached hydrogens (tertiary/aromatic N) is 1. The summed E-state index contributed by atoms with van der Waals surface area (Å²) in [6.45, 7) is 12.1. The second kappa shape index (κ2) is 28.2. The fourth-order valence-corrected chi connectivity index (χ4v) is 7.75. The van der Waals surface area contributed by atoms with E-state index < -0.39 is 23.4 Å². The summed E-state index contributed by atoms with van der Waals surface area (Å²) in [4.78, 5) is 0. The van der Waals surface area contributed by atoms with E-state index in [0.29, 0.717) is 61.0 Å². The van der Waals surface area contributed by atoms with Crippen LogP contribution in [0.4, 0.5) is 25.8 Å². The summed E-state index contributed by atoms with van der Waals surface area (Å²) in [6, 6.07) is 47.7. The molecule has 0 amide bonds. The molecule has 6 aromatic carbocycles. The summed E-state index contributed by atoms with van der Waals surface area (Å²) in [5.74, 6) is 1.84. The molecule has 0 saturated carbocycles. The number of terminal acetylenes is 1. The zero-order valence-corrected chi connectivity index (χ0v) is 42.7. The Balaban J connectivity index is 0.000000221. The van der Waals surface area contributed by atoms with E-state index in [1.807, 2.05) is 146 Å². The van der Waals surface area contributed by atoms with Crippen LogP contribution in [0.25, 0.3) is 10.9 Å². The molecule has 13 heteroatoms. The number of nitrogens with two attached hydrogens (primary N) is 1. The first kappa shape index (κ1) is 56.0. The molecule has 1 aromatic heterocycles. The Morgan fingerprint density at radius 3 is 1.62 bits per heavy atom. The molecule has 0 aliphatic heterocycles. The fourth-order valence-electron chi connectivity index (χ4n) is 7.22. The number of benzene rings is 6. The maximum atomic E-state index is 14.4. The van der Waals surface area contributed by atoms with Crippen molar-refractivity contribution in [3.63, 3.8) is 0 Å². The molecular weight excluding hydrogens is 967 g/mol. The molecule has 71 heavy (non-hydrogen) atoms. The molecule has 2 atom stereocenters. The van der Waals surface area contributed by atoms with E-state index in [0.717, 1.165) is 27.8 Å². The highest BCUT2D eigenvalue weighted by molar-refractivity contribution is 9.10. The van der Waals surface area contributed by atoms with Crippen LogP contribution >= 0.6 is 15.9 Å². The molecule has 8 N–H and O–H groups in total.